The second kappa shape index (κ2) is 9.21. The van der Waals surface area contributed by atoms with Crippen molar-refractivity contribution in [1.82, 2.24) is 4.98 Å². The van der Waals surface area contributed by atoms with E-state index >= 15 is 0 Å². The molecule has 1 aromatic heterocycles. The van der Waals surface area contributed by atoms with E-state index in [0.717, 1.165) is 11.8 Å². The number of nitrogens with one attached hydrogen (secondary N) is 2. The second-order valence-electron chi connectivity index (χ2n) is 6.81. The van der Waals surface area contributed by atoms with Gasteiger partial charge in [0.1, 0.15) is 5.03 Å². The molecule has 1 heterocycles. The molecule has 3 aromatic rings. The van der Waals surface area contributed by atoms with E-state index in [9.17, 15) is 26.4 Å². The summed E-state index contributed by atoms with van der Waals surface area (Å²) < 4.78 is 66.6. The number of hydrogen-bond donors (Lipinski definition) is 2. The maximum absolute atomic E-state index is 12.9. The summed E-state index contributed by atoms with van der Waals surface area (Å²) in [5.74, 6) is -0.844. The Bertz CT molecular complexity index is 1260. The highest BCUT2D eigenvalue weighted by Crippen LogP contribution is 2.37. The van der Waals surface area contributed by atoms with Crippen LogP contribution in [0.25, 0.3) is 0 Å². The zero-order chi connectivity index (χ0) is 23.5. The summed E-state index contributed by atoms with van der Waals surface area (Å²) >= 11 is -0.499. The number of aryl methyl sites for hydroxylation is 2. The standard InChI is InChI=1S/C21H18F3N3O3S2/c1-13-5-3-6-16(11-13)27-32(29,30)18-12-15(9-8-14(18)2)26-19(28)17-7-4-10-25-20(17)31-21(22,23)24/h3-12,27H,1-2H3,(H,26,28). The average Bonchev–Trinajstić information content (AvgIpc) is 2.68. The van der Waals surface area contributed by atoms with Crippen molar-refractivity contribution < 1.29 is 26.4 Å². The molecule has 0 saturated heterocycles. The third-order valence-electron chi connectivity index (χ3n) is 4.23. The van der Waals surface area contributed by atoms with E-state index < -0.39 is 38.2 Å². The third-order valence-corrected chi connectivity index (χ3v) is 6.51. The molecule has 2 N–H and O–H groups in total. The predicted molar refractivity (Wildman–Crippen MR) is 117 cm³/mol. The maximum Gasteiger partial charge on any atom is 0.447 e. The highest BCUT2D eigenvalue weighted by Gasteiger charge is 2.32. The van der Waals surface area contributed by atoms with E-state index in [-0.39, 0.29) is 16.1 Å². The number of hydrogen-bond acceptors (Lipinski definition) is 5. The molecule has 168 valence electrons. The molecule has 3 rings (SSSR count). The smallest absolute Gasteiger partial charge is 0.322 e. The molecule has 0 aliphatic carbocycles. The Kier molecular flexibility index (Phi) is 6.79. The van der Waals surface area contributed by atoms with Crippen LogP contribution in [-0.2, 0) is 10.0 Å². The Labute approximate surface area is 187 Å². The number of nitrogens with zero attached hydrogens (tertiary/aromatic N) is 1. The lowest BCUT2D eigenvalue weighted by Gasteiger charge is -2.14. The minimum atomic E-state index is -4.62. The molecule has 0 aliphatic heterocycles. The lowest BCUT2D eigenvalue weighted by Crippen LogP contribution is -2.17. The molecule has 0 spiro atoms. The number of amides is 1. The van der Waals surface area contributed by atoms with Gasteiger partial charge in [0.15, 0.2) is 0 Å². The first-order chi connectivity index (χ1) is 14.9. The normalized spacial score (nSPS) is 11.8. The summed E-state index contributed by atoms with van der Waals surface area (Å²) in [6, 6.07) is 13.6. The van der Waals surface area contributed by atoms with E-state index in [1.165, 1.54) is 30.3 Å². The quantitative estimate of drug-likeness (QED) is 0.463. The molecule has 0 aliphatic rings. The number of anilines is 2. The van der Waals surface area contributed by atoms with Crippen molar-refractivity contribution in [3.05, 3.63) is 77.5 Å². The number of rotatable bonds is 6. The number of pyridine rings is 1. The first-order valence-corrected chi connectivity index (χ1v) is 11.5. The van der Waals surface area contributed by atoms with Gasteiger partial charge in [-0.1, -0.05) is 18.2 Å². The van der Waals surface area contributed by atoms with Crippen molar-refractivity contribution in [2.24, 2.45) is 0 Å². The topological polar surface area (TPSA) is 88.2 Å². The predicted octanol–water partition coefficient (Wildman–Crippen LogP) is 5.36. The van der Waals surface area contributed by atoms with Crippen molar-refractivity contribution in [3.8, 4) is 0 Å². The summed E-state index contributed by atoms with van der Waals surface area (Å²) in [6.07, 6.45) is 1.15. The Morgan fingerprint density at radius 2 is 1.75 bits per heavy atom. The number of carbonyl (C=O) groups excluding carboxylic acids is 1. The monoisotopic (exact) mass is 481 g/mol. The van der Waals surface area contributed by atoms with Crippen LogP contribution in [0.1, 0.15) is 21.5 Å². The Balaban J connectivity index is 1.87. The third kappa shape index (κ3) is 6.01. The van der Waals surface area contributed by atoms with Crippen molar-refractivity contribution in [2.45, 2.75) is 29.3 Å². The van der Waals surface area contributed by atoms with Crippen LogP contribution in [0.2, 0.25) is 0 Å². The van der Waals surface area contributed by atoms with Crippen LogP contribution in [0, 0.1) is 13.8 Å². The van der Waals surface area contributed by atoms with Gasteiger partial charge in [0.2, 0.25) is 0 Å². The molecule has 1 amide bonds. The van der Waals surface area contributed by atoms with Gasteiger partial charge in [-0.25, -0.2) is 13.4 Å². The number of sulfonamides is 1. The molecule has 2 aromatic carbocycles. The maximum atomic E-state index is 12.9. The number of aromatic nitrogens is 1. The molecule has 6 nitrogen and oxygen atoms in total. The summed E-state index contributed by atoms with van der Waals surface area (Å²) in [6.45, 7) is 3.42. The number of alkyl halides is 3. The zero-order valence-corrected chi connectivity index (χ0v) is 18.5. The lowest BCUT2D eigenvalue weighted by molar-refractivity contribution is -0.0329. The average molecular weight is 482 g/mol. The Morgan fingerprint density at radius 1 is 1.00 bits per heavy atom. The van der Waals surface area contributed by atoms with Crippen molar-refractivity contribution in [3.63, 3.8) is 0 Å². The summed E-state index contributed by atoms with van der Waals surface area (Å²) in [4.78, 5) is 16.2. The molecule has 0 saturated carbocycles. The molecular formula is C21H18F3N3O3S2. The van der Waals surface area contributed by atoms with E-state index in [1.807, 2.05) is 13.0 Å². The van der Waals surface area contributed by atoms with Crippen LogP contribution < -0.4 is 10.0 Å². The SMILES string of the molecule is Cc1cccc(NS(=O)(=O)c2cc(NC(=O)c3cccnc3SC(F)(F)F)ccc2C)c1. The van der Waals surface area contributed by atoms with Crippen LogP contribution in [0.5, 0.6) is 0 Å². The highest BCUT2D eigenvalue weighted by atomic mass is 32.2. The molecule has 11 heteroatoms. The van der Waals surface area contributed by atoms with Gasteiger partial charge in [0.05, 0.1) is 10.5 Å². The van der Waals surface area contributed by atoms with Gasteiger partial charge >= 0.3 is 5.51 Å². The van der Waals surface area contributed by atoms with Gasteiger partial charge in [0.25, 0.3) is 15.9 Å². The first-order valence-electron chi connectivity index (χ1n) is 9.17. The molecule has 0 radical (unpaired) electrons. The van der Waals surface area contributed by atoms with Gasteiger partial charge < -0.3 is 5.32 Å². The molecule has 0 fully saturated rings. The van der Waals surface area contributed by atoms with E-state index in [0.29, 0.717) is 11.3 Å². The van der Waals surface area contributed by atoms with Gasteiger partial charge in [0, 0.05) is 29.3 Å². The molecule has 0 bridgehead atoms. The van der Waals surface area contributed by atoms with Crippen LogP contribution in [0.3, 0.4) is 0 Å². The Morgan fingerprint density at radius 3 is 2.44 bits per heavy atom. The fourth-order valence-corrected chi connectivity index (χ4v) is 4.76. The van der Waals surface area contributed by atoms with Gasteiger partial charge in [-0.2, -0.15) is 13.2 Å². The molecule has 0 unspecified atom stereocenters. The highest BCUT2D eigenvalue weighted by molar-refractivity contribution is 8.00. The number of halogens is 3. The fraction of sp³-hybridized carbons (Fsp3) is 0.143. The van der Waals surface area contributed by atoms with Crippen LogP contribution >= 0.6 is 11.8 Å². The number of thioether (sulfide) groups is 1. The van der Waals surface area contributed by atoms with Gasteiger partial charge in [-0.15, -0.1) is 0 Å². The van der Waals surface area contributed by atoms with E-state index in [2.05, 4.69) is 15.0 Å². The lowest BCUT2D eigenvalue weighted by atomic mass is 10.2. The number of benzene rings is 2. The fourth-order valence-electron chi connectivity index (χ4n) is 2.84. The molecule has 32 heavy (non-hydrogen) atoms. The summed E-state index contributed by atoms with van der Waals surface area (Å²) in [5.41, 5.74) is -3.11. The van der Waals surface area contributed by atoms with Gasteiger partial charge in [-0.05, 0) is 61.4 Å². The molecular weight excluding hydrogens is 463 g/mol. The molecule has 0 atom stereocenters. The number of carbonyl (C=O) groups is 1. The largest absolute Gasteiger partial charge is 0.447 e. The van der Waals surface area contributed by atoms with Crippen LogP contribution in [0.15, 0.2) is 70.7 Å². The van der Waals surface area contributed by atoms with Crippen molar-refractivity contribution in [1.29, 1.82) is 0 Å². The Hall–Kier alpha value is -3.05. The van der Waals surface area contributed by atoms with E-state index in [4.69, 9.17) is 0 Å². The van der Waals surface area contributed by atoms with Gasteiger partial charge in [-0.3, -0.25) is 9.52 Å². The zero-order valence-electron chi connectivity index (χ0n) is 16.9. The second-order valence-corrected chi connectivity index (χ2v) is 9.52. The minimum absolute atomic E-state index is 0.0760. The van der Waals surface area contributed by atoms with Crippen molar-refractivity contribution in [2.75, 3.05) is 10.0 Å². The van der Waals surface area contributed by atoms with E-state index in [1.54, 1.807) is 25.1 Å². The van der Waals surface area contributed by atoms with Crippen molar-refractivity contribution >= 4 is 39.1 Å². The van der Waals surface area contributed by atoms with Crippen LogP contribution in [-0.4, -0.2) is 24.8 Å². The van der Waals surface area contributed by atoms with Crippen LogP contribution in [0.4, 0.5) is 24.5 Å². The minimum Gasteiger partial charge on any atom is -0.322 e. The first kappa shape index (κ1) is 23.6. The summed E-state index contributed by atoms with van der Waals surface area (Å²) in [5, 5.41) is 1.94. The summed E-state index contributed by atoms with van der Waals surface area (Å²) in [7, 11) is -3.98.